The average Bonchev–Trinajstić information content (AvgIpc) is 2.97. The van der Waals surface area contributed by atoms with Crippen LogP contribution >= 0.6 is 35.2 Å². The van der Waals surface area contributed by atoms with Gasteiger partial charge in [-0.15, -0.1) is 0 Å². The second kappa shape index (κ2) is 5.31. The van der Waals surface area contributed by atoms with Gasteiger partial charge < -0.3 is 9.55 Å². The molecule has 0 amide bonds. The number of aromatic amines is 1. The van der Waals surface area contributed by atoms with Gasteiger partial charge >= 0.3 is 0 Å². The predicted octanol–water partition coefficient (Wildman–Crippen LogP) is 5.36. The molecular weight excluding hydrogens is 315 g/mol. The van der Waals surface area contributed by atoms with Gasteiger partial charge in [-0.2, -0.15) is 11.3 Å². The molecule has 0 spiro atoms. The normalized spacial score (nSPS) is 12.9. The zero-order valence-corrected chi connectivity index (χ0v) is 13.1. The Balaban J connectivity index is 2.08. The molecule has 0 fully saturated rings. The van der Waals surface area contributed by atoms with Crippen molar-refractivity contribution >= 4 is 46.2 Å². The summed E-state index contributed by atoms with van der Waals surface area (Å²) in [7, 11) is 0. The van der Waals surface area contributed by atoms with Crippen LogP contribution in [0.1, 0.15) is 18.5 Å². The number of thiophene rings is 1. The van der Waals surface area contributed by atoms with Gasteiger partial charge in [-0.25, -0.2) is 4.39 Å². The van der Waals surface area contributed by atoms with Crippen LogP contribution in [0.4, 0.5) is 4.39 Å². The van der Waals surface area contributed by atoms with Crippen LogP contribution in [0.3, 0.4) is 0 Å². The summed E-state index contributed by atoms with van der Waals surface area (Å²) in [4.78, 5) is 3.08. The number of nitrogens with one attached hydrogen (secondary N) is 1. The molecule has 20 heavy (non-hydrogen) atoms. The van der Waals surface area contributed by atoms with Gasteiger partial charge in [-0.3, -0.25) is 0 Å². The lowest BCUT2D eigenvalue weighted by molar-refractivity contribution is 0.552. The van der Waals surface area contributed by atoms with Crippen molar-refractivity contribution in [2.45, 2.75) is 19.4 Å². The molecule has 2 heterocycles. The second-order valence-electron chi connectivity index (χ2n) is 4.77. The minimum atomic E-state index is -0.426. The highest BCUT2D eigenvalue weighted by Crippen LogP contribution is 2.26. The van der Waals surface area contributed by atoms with E-state index in [9.17, 15) is 4.39 Å². The fourth-order valence-electron chi connectivity index (χ4n) is 2.40. The molecular formula is C14H12ClFN2S2. The summed E-state index contributed by atoms with van der Waals surface area (Å²) in [6.45, 7) is 2.08. The minimum Gasteiger partial charge on any atom is -0.331 e. The van der Waals surface area contributed by atoms with Gasteiger partial charge in [0.15, 0.2) is 4.77 Å². The Hall–Kier alpha value is -1.17. The molecule has 1 N–H and O–H groups in total. The monoisotopic (exact) mass is 326 g/mol. The van der Waals surface area contributed by atoms with Crippen molar-refractivity contribution in [2.24, 2.45) is 0 Å². The summed E-state index contributed by atoms with van der Waals surface area (Å²) < 4.78 is 16.2. The largest absolute Gasteiger partial charge is 0.331 e. The molecule has 3 rings (SSSR count). The van der Waals surface area contributed by atoms with E-state index in [1.807, 2.05) is 4.57 Å². The first-order chi connectivity index (χ1) is 9.56. The zero-order chi connectivity index (χ0) is 14.3. The first-order valence-electron chi connectivity index (χ1n) is 6.16. The Morgan fingerprint density at radius 2 is 2.30 bits per heavy atom. The Kier molecular flexibility index (Phi) is 3.67. The van der Waals surface area contributed by atoms with Crippen LogP contribution in [0, 0.1) is 10.6 Å². The highest BCUT2D eigenvalue weighted by molar-refractivity contribution is 7.71. The Morgan fingerprint density at radius 3 is 3.00 bits per heavy atom. The number of fused-ring (bicyclic) bond motifs is 1. The molecule has 1 aromatic carbocycles. The van der Waals surface area contributed by atoms with E-state index in [2.05, 4.69) is 28.7 Å². The van der Waals surface area contributed by atoms with Crippen molar-refractivity contribution in [3.63, 3.8) is 0 Å². The zero-order valence-electron chi connectivity index (χ0n) is 10.7. The molecule has 3 aromatic rings. The van der Waals surface area contributed by atoms with E-state index in [-0.39, 0.29) is 11.1 Å². The molecule has 0 aliphatic carbocycles. The van der Waals surface area contributed by atoms with Crippen LogP contribution in [0.15, 0.2) is 29.0 Å². The molecule has 2 nitrogen and oxygen atoms in total. The number of nitrogens with zero attached hydrogens (tertiary/aromatic N) is 1. The number of H-pyrrole nitrogens is 1. The summed E-state index contributed by atoms with van der Waals surface area (Å²) in [5.74, 6) is -0.426. The molecule has 6 heteroatoms. The third-order valence-corrected chi connectivity index (χ3v) is 4.63. The topological polar surface area (TPSA) is 20.7 Å². The van der Waals surface area contributed by atoms with Crippen LogP contribution in [0.5, 0.6) is 0 Å². The molecule has 2 aromatic heterocycles. The summed E-state index contributed by atoms with van der Waals surface area (Å²) >= 11 is 12.8. The molecule has 0 saturated heterocycles. The van der Waals surface area contributed by atoms with Crippen molar-refractivity contribution in [1.82, 2.24) is 9.55 Å². The van der Waals surface area contributed by atoms with Crippen LogP contribution in [0.25, 0.3) is 11.0 Å². The van der Waals surface area contributed by atoms with Crippen LogP contribution < -0.4 is 0 Å². The van der Waals surface area contributed by atoms with E-state index in [1.54, 1.807) is 17.4 Å². The smallest absolute Gasteiger partial charge is 0.178 e. The van der Waals surface area contributed by atoms with E-state index in [4.69, 9.17) is 23.8 Å². The third-order valence-electron chi connectivity index (χ3n) is 3.31. The number of benzene rings is 1. The quantitative estimate of drug-likeness (QED) is 0.643. The molecule has 1 unspecified atom stereocenters. The molecule has 104 valence electrons. The Morgan fingerprint density at radius 1 is 1.50 bits per heavy atom. The van der Waals surface area contributed by atoms with Gasteiger partial charge in [0, 0.05) is 12.1 Å². The second-order valence-corrected chi connectivity index (χ2v) is 6.34. The van der Waals surface area contributed by atoms with Gasteiger partial charge in [0.25, 0.3) is 0 Å². The van der Waals surface area contributed by atoms with Crippen molar-refractivity contribution < 1.29 is 4.39 Å². The molecule has 0 radical (unpaired) electrons. The number of rotatable bonds is 3. The average molecular weight is 327 g/mol. The standard InChI is InChI=1S/C14H12ClFN2S2/c1-8(4-9-2-3-20-7-9)18-13-6-11(16)10(15)5-12(13)17-14(18)19/h2-3,5-8H,4H2,1H3,(H,17,19). The summed E-state index contributed by atoms with van der Waals surface area (Å²) in [5, 5.41) is 4.27. The van der Waals surface area contributed by atoms with Crippen molar-refractivity contribution in [2.75, 3.05) is 0 Å². The maximum Gasteiger partial charge on any atom is 0.178 e. The highest BCUT2D eigenvalue weighted by Gasteiger charge is 2.14. The van der Waals surface area contributed by atoms with Crippen molar-refractivity contribution in [1.29, 1.82) is 0 Å². The molecule has 0 aliphatic rings. The first-order valence-corrected chi connectivity index (χ1v) is 7.89. The predicted molar refractivity (Wildman–Crippen MR) is 84.8 cm³/mol. The van der Waals surface area contributed by atoms with Gasteiger partial charge in [0.1, 0.15) is 5.82 Å². The molecule has 1 atom stereocenters. The van der Waals surface area contributed by atoms with Gasteiger partial charge in [0.2, 0.25) is 0 Å². The molecule has 0 aliphatic heterocycles. The number of halogens is 2. The summed E-state index contributed by atoms with van der Waals surface area (Å²) in [6.07, 6.45) is 0.856. The fourth-order valence-corrected chi connectivity index (χ4v) is 3.63. The van der Waals surface area contributed by atoms with E-state index in [0.29, 0.717) is 4.77 Å². The molecule has 0 bridgehead atoms. The van der Waals surface area contributed by atoms with Crippen LogP contribution in [-0.4, -0.2) is 9.55 Å². The maximum atomic E-state index is 13.7. The number of hydrogen-bond acceptors (Lipinski definition) is 2. The van der Waals surface area contributed by atoms with E-state index >= 15 is 0 Å². The van der Waals surface area contributed by atoms with Gasteiger partial charge in [0.05, 0.1) is 16.1 Å². The van der Waals surface area contributed by atoms with E-state index < -0.39 is 5.82 Å². The Bertz CT molecular complexity index is 805. The molecule has 0 saturated carbocycles. The minimum absolute atomic E-state index is 0.103. The number of imidazole rings is 1. The van der Waals surface area contributed by atoms with E-state index in [1.165, 1.54) is 11.6 Å². The van der Waals surface area contributed by atoms with Crippen LogP contribution in [0.2, 0.25) is 5.02 Å². The number of aromatic nitrogens is 2. The summed E-state index contributed by atoms with van der Waals surface area (Å²) in [6, 6.07) is 5.26. The van der Waals surface area contributed by atoms with Gasteiger partial charge in [-0.05, 0) is 54.0 Å². The summed E-state index contributed by atoms with van der Waals surface area (Å²) in [5.41, 5.74) is 2.77. The SMILES string of the molecule is CC(Cc1ccsc1)n1c(=S)[nH]c2cc(Cl)c(F)cc21. The van der Waals surface area contributed by atoms with Crippen molar-refractivity contribution in [3.05, 3.63) is 50.1 Å². The third kappa shape index (κ3) is 2.41. The lowest BCUT2D eigenvalue weighted by Crippen LogP contribution is -2.08. The lowest BCUT2D eigenvalue weighted by atomic mass is 10.1. The van der Waals surface area contributed by atoms with Crippen LogP contribution in [-0.2, 0) is 6.42 Å². The Labute approximate surface area is 129 Å². The van der Waals surface area contributed by atoms with E-state index in [0.717, 1.165) is 17.5 Å². The lowest BCUT2D eigenvalue weighted by Gasteiger charge is -2.14. The highest BCUT2D eigenvalue weighted by atomic mass is 35.5. The fraction of sp³-hybridized carbons (Fsp3) is 0.214. The number of hydrogen-bond donors (Lipinski definition) is 1. The van der Waals surface area contributed by atoms with Crippen molar-refractivity contribution in [3.8, 4) is 0 Å². The first kappa shape index (κ1) is 13.8. The maximum absolute atomic E-state index is 13.7. The van der Waals surface area contributed by atoms with Gasteiger partial charge in [-0.1, -0.05) is 11.6 Å².